The number of hydrogen-bond donors (Lipinski definition) is 1. The summed E-state index contributed by atoms with van der Waals surface area (Å²) in [6.07, 6.45) is 3.37. The normalized spacial score (nSPS) is 21.5. The molecule has 0 aliphatic heterocycles. The van der Waals surface area contributed by atoms with Gasteiger partial charge in [-0.05, 0) is 25.2 Å². The second-order valence-electron chi connectivity index (χ2n) is 3.73. The molecule has 0 aromatic rings. The first-order valence-electron chi connectivity index (χ1n) is 4.89. The van der Waals surface area contributed by atoms with Crippen LogP contribution in [0.15, 0.2) is 0 Å². The Morgan fingerprint density at radius 2 is 2.08 bits per heavy atom. The smallest absolute Gasteiger partial charge is 0.306 e. The minimum Gasteiger partial charge on any atom is -0.481 e. The van der Waals surface area contributed by atoms with Crippen LogP contribution in [-0.2, 0) is 9.59 Å². The van der Waals surface area contributed by atoms with Crippen molar-refractivity contribution in [1.82, 2.24) is 0 Å². The molecule has 1 aliphatic carbocycles. The lowest BCUT2D eigenvalue weighted by atomic mass is 9.78. The molecule has 0 heterocycles. The SMILES string of the molecule is CCC(C(=O)O)C1CCC(=O)CC1. The number of carbonyl (C=O) groups excluding carboxylic acids is 1. The molecule has 0 spiro atoms. The molecule has 0 aromatic carbocycles. The van der Waals surface area contributed by atoms with Crippen LogP contribution in [0, 0.1) is 11.8 Å². The van der Waals surface area contributed by atoms with E-state index >= 15 is 0 Å². The van der Waals surface area contributed by atoms with Crippen molar-refractivity contribution >= 4 is 11.8 Å². The van der Waals surface area contributed by atoms with Crippen molar-refractivity contribution in [3.63, 3.8) is 0 Å². The Kier molecular flexibility index (Phi) is 3.46. The van der Waals surface area contributed by atoms with Crippen molar-refractivity contribution < 1.29 is 14.7 Å². The molecule has 3 heteroatoms. The third-order valence-electron chi connectivity index (χ3n) is 2.91. The van der Waals surface area contributed by atoms with Crippen molar-refractivity contribution in [2.24, 2.45) is 11.8 Å². The van der Waals surface area contributed by atoms with Gasteiger partial charge in [0.15, 0.2) is 0 Å². The number of ketones is 1. The Balaban J connectivity index is 2.50. The van der Waals surface area contributed by atoms with Crippen LogP contribution in [-0.4, -0.2) is 16.9 Å². The zero-order valence-corrected chi connectivity index (χ0v) is 7.95. The van der Waals surface area contributed by atoms with Crippen LogP contribution in [0.5, 0.6) is 0 Å². The first-order chi connectivity index (χ1) is 6.15. The van der Waals surface area contributed by atoms with E-state index in [2.05, 4.69) is 0 Å². The largest absolute Gasteiger partial charge is 0.481 e. The molecule has 0 amide bonds. The number of aliphatic carboxylic acids is 1. The Morgan fingerprint density at radius 3 is 2.46 bits per heavy atom. The molecular formula is C10H16O3. The van der Waals surface area contributed by atoms with Crippen LogP contribution in [0.3, 0.4) is 0 Å². The topological polar surface area (TPSA) is 54.4 Å². The Labute approximate surface area is 78.1 Å². The summed E-state index contributed by atoms with van der Waals surface area (Å²) in [5, 5.41) is 8.91. The minimum absolute atomic E-state index is 0.222. The Morgan fingerprint density at radius 1 is 1.54 bits per heavy atom. The molecule has 1 saturated carbocycles. The highest BCUT2D eigenvalue weighted by molar-refractivity contribution is 5.79. The number of Topliss-reactive ketones (excluding diaryl/α,β-unsaturated/α-hetero) is 1. The van der Waals surface area contributed by atoms with Crippen LogP contribution < -0.4 is 0 Å². The molecule has 1 atom stereocenters. The fourth-order valence-electron chi connectivity index (χ4n) is 2.07. The minimum atomic E-state index is -0.707. The van der Waals surface area contributed by atoms with Gasteiger partial charge >= 0.3 is 5.97 Å². The van der Waals surface area contributed by atoms with Crippen LogP contribution in [0.1, 0.15) is 39.0 Å². The molecule has 1 aliphatic rings. The van der Waals surface area contributed by atoms with Gasteiger partial charge in [-0.1, -0.05) is 6.92 Å². The van der Waals surface area contributed by atoms with Gasteiger partial charge in [-0.2, -0.15) is 0 Å². The zero-order valence-electron chi connectivity index (χ0n) is 7.95. The summed E-state index contributed by atoms with van der Waals surface area (Å²) >= 11 is 0. The molecule has 1 unspecified atom stereocenters. The molecule has 3 nitrogen and oxygen atoms in total. The van der Waals surface area contributed by atoms with E-state index in [9.17, 15) is 9.59 Å². The summed E-state index contributed by atoms with van der Waals surface area (Å²) in [4.78, 5) is 21.8. The van der Waals surface area contributed by atoms with Crippen LogP contribution in [0.4, 0.5) is 0 Å². The molecule has 1 fully saturated rings. The lowest BCUT2D eigenvalue weighted by Crippen LogP contribution is -2.27. The molecule has 0 bridgehead atoms. The average molecular weight is 184 g/mol. The molecule has 1 rings (SSSR count). The fourth-order valence-corrected chi connectivity index (χ4v) is 2.07. The number of carboxylic acids is 1. The van der Waals surface area contributed by atoms with Crippen molar-refractivity contribution in [2.75, 3.05) is 0 Å². The van der Waals surface area contributed by atoms with Crippen molar-refractivity contribution in [2.45, 2.75) is 39.0 Å². The molecule has 1 N–H and O–H groups in total. The quantitative estimate of drug-likeness (QED) is 0.728. The van der Waals surface area contributed by atoms with Gasteiger partial charge in [0.25, 0.3) is 0 Å². The number of carbonyl (C=O) groups is 2. The van der Waals surface area contributed by atoms with E-state index in [0.29, 0.717) is 19.3 Å². The maximum atomic E-state index is 10.9. The second kappa shape index (κ2) is 4.40. The highest BCUT2D eigenvalue weighted by Crippen LogP contribution is 2.30. The van der Waals surface area contributed by atoms with E-state index in [1.54, 1.807) is 0 Å². The summed E-state index contributed by atoms with van der Waals surface area (Å²) in [5.41, 5.74) is 0. The predicted molar refractivity (Wildman–Crippen MR) is 48.4 cm³/mol. The van der Waals surface area contributed by atoms with Crippen molar-refractivity contribution in [1.29, 1.82) is 0 Å². The number of hydrogen-bond acceptors (Lipinski definition) is 2. The van der Waals surface area contributed by atoms with Crippen molar-refractivity contribution in [3.8, 4) is 0 Å². The van der Waals surface area contributed by atoms with E-state index in [1.165, 1.54) is 0 Å². The third kappa shape index (κ3) is 2.54. The number of carboxylic acid groups (broad SMARTS) is 1. The summed E-state index contributed by atoms with van der Waals surface area (Å²) in [5.74, 6) is -0.438. The fraction of sp³-hybridized carbons (Fsp3) is 0.800. The zero-order chi connectivity index (χ0) is 9.84. The molecule has 13 heavy (non-hydrogen) atoms. The van der Waals surface area contributed by atoms with Gasteiger partial charge in [0.2, 0.25) is 0 Å². The van der Waals surface area contributed by atoms with Gasteiger partial charge in [0.05, 0.1) is 5.92 Å². The van der Waals surface area contributed by atoms with E-state index in [1.807, 2.05) is 6.92 Å². The summed E-state index contributed by atoms with van der Waals surface area (Å²) < 4.78 is 0. The van der Waals surface area contributed by atoms with Gasteiger partial charge in [-0.25, -0.2) is 0 Å². The number of rotatable bonds is 3. The van der Waals surface area contributed by atoms with Crippen LogP contribution >= 0.6 is 0 Å². The van der Waals surface area contributed by atoms with E-state index < -0.39 is 5.97 Å². The standard InChI is InChI=1S/C10H16O3/c1-2-9(10(12)13)7-3-5-8(11)6-4-7/h7,9H,2-6H2,1H3,(H,12,13). The van der Waals surface area contributed by atoms with Gasteiger partial charge in [0.1, 0.15) is 5.78 Å². The van der Waals surface area contributed by atoms with Crippen LogP contribution in [0.25, 0.3) is 0 Å². The van der Waals surface area contributed by atoms with E-state index in [-0.39, 0.29) is 17.6 Å². The maximum Gasteiger partial charge on any atom is 0.306 e. The first-order valence-corrected chi connectivity index (χ1v) is 4.89. The van der Waals surface area contributed by atoms with E-state index in [4.69, 9.17) is 5.11 Å². The van der Waals surface area contributed by atoms with Gasteiger partial charge in [-0.3, -0.25) is 9.59 Å². The molecule has 0 saturated heterocycles. The predicted octanol–water partition coefficient (Wildman–Crippen LogP) is 1.86. The average Bonchev–Trinajstić information content (AvgIpc) is 2.09. The maximum absolute atomic E-state index is 10.9. The van der Waals surface area contributed by atoms with Gasteiger partial charge in [0, 0.05) is 12.8 Å². The van der Waals surface area contributed by atoms with Gasteiger partial charge < -0.3 is 5.11 Å². The molecule has 0 aromatic heterocycles. The van der Waals surface area contributed by atoms with Gasteiger partial charge in [-0.15, -0.1) is 0 Å². The summed E-state index contributed by atoms with van der Waals surface area (Å²) in [6.45, 7) is 1.90. The summed E-state index contributed by atoms with van der Waals surface area (Å²) in [6, 6.07) is 0. The Bertz CT molecular complexity index is 200. The Hall–Kier alpha value is -0.860. The highest BCUT2D eigenvalue weighted by atomic mass is 16.4. The molecule has 0 radical (unpaired) electrons. The second-order valence-corrected chi connectivity index (χ2v) is 3.73. The lowest BCUT2D eigenvalue weighted by Gasteiger charge is -2.25. The molecular weight excluding hydrogens is 168 g/mol. The highest BCUT2D eigenvalue weighted by Gasteiger charge is 2.29. The first kappa shape index (κ1) is 10.2. The summed E-state index contributed by atoms with van der Waals surface area (Å²) in [7, 11) is 0. The third-order valence-corrected chi connectivity index (χ3v) is 2.91. The van der Waals surface area contributed by atoms with Crippen LogP contribution in [0.2, 0.25) is 0 Å². The lowest BCUT2D eigenvalue weighted by molar-refractivity contribution is -0.145. The monoisotopic (exact) mass is 184 g/mol. The van der Waals surface area contributed by atoms with Crippen molar-refractivity contribution in [3.05, 3.63) is 0 Å². The van der Waals surface area contributed by atoms with E-state index in [0.717, 1.165) is 12.8 Å². The molecule has 74 valence electrons.